The lowest BCUT2D eigenvalue weighted by Gasteiger charge is -2.06. The van der Waals surface area contributed by atoms with Gasteiger partial charge in [-0.25, -0.2) is 4.98 Å². The Hall–Kier alpha value is -2.86. The second-order valence-corrected chi connectivity index (χ2v) is 5.23. The van der Waals surface area contributed by atoms with Gasteiger partial charge in [0.05, 0.1) is 13.7 Å². The van der Waals surface area contributed by atoms with Gasteiger partial charge in [-0.05, 0) is 17.7 Å². The van der Waals surface area contributed by atoms with Gasteiger partial charge in [0.2, 0.25) is 5.88 Å². The van der Waals surface area contributed by atoms with Crippen LogP contribution in [0, 0.1) is 0 Å². The van der Waals surface area contributed by atoms with Crippen molar-refractivity contribution >= 4 is 16.9 Å². The SMILES string of the molecule is COCc1c(C(=O)NCc2ccnc(OC)c2)oc2ccccc12. The Morgan fingerprint density at radius 2 is 2.08 bits per heavy atom. The Bertz CT molecular complexity index is 857. The molecule has 2 heterocycles. The highest BCUT2D eigenvalue weighted by Gasteiger charge is 2.20. The third kappa shape index (κ3) is 3.23. The van der Waals surface area contributed by atoms with Gasteiger partial charge in [-0.3, -0.25) is 4.79 Å². The van der Waals surface area contributed by atoms with Gasteiger partial charge >= 0.3 is 0 Å². The largest absolute Gasteiger partial charge is 0.481 e. The van der Waals surface area contributed by atoms with Gasteiger partial charge in [0.15, 0.2) is 5.76 Å². The molecule has 6 nitrogen and oxygen atoms in total. The molecule has 1 amide bonds. The van der Waals surface area contributed by atoms with Crippen LogP contribution >= 0.6 is 0 Å². The van der Waals surface area contributed by atoms with Crippen LogP contribution in [0.3, 0.4) is 0 Å². The number of rotatable bonds is 6. The van der Waals surface area contributed by atoms with Crippen molar-refractivity contribution in [2.75, 3.05) is 14.2 Å². The third-order valence-corrected chi connectivity index (χ3v) is 3.65. The molecule has 0 aliphatic rings. The summed E-state index contributed by atoms with van der Waals surface area (Å²) in [5.41, 5.74) is 2.30. The van der Waals surface area contributed by atoms with E-state index in [1.807, 2.05) is 30.3 Å². The molecule has 0 saturated heterocycles. The van der Waals surface area contributed by atoms with E-state index in [0.717, 1.165) is 16.5 Å². The fourth-order valence-corrected chi connectivity index (χ4v) is 2.50. The van der Waals surface area contributed by atoms with Crippen molar-refractivity contribution in [2.45, 2.75) is 13.2 Å². The van der Waals surface area contributed by atoms with Crippen molar-refractivity contribution in [3.8, 4) is 5.88 Å². The number of carbonyl (C=O) groups excluding carboxylic acids is 1. The number of carbonyl (C=O) groups is 1. The van der Waals surface area contributed by atoms with E-state index in [1.54, 1.807) is 26.5 Å². The van der Waals surface area contributed by atoms with Crippen molar-refractivity contribution in [1.82, 2.24) is 10.3 Å². The van der Waals surface area contributed by atoms with Gasteiger partial charge in [0.1, 0.15) is 5.58 Å². The molecule has 1 aromatic carbocycles. The first-order valence-corrected chi connectivity index (χ1v) is 7.49. The average Bonchev–Trinajstić information content (AvgIpc) is 2.99. The smallest absolute Gasteiger partial charge is 0.287 e. The van der Waals surface area contributed by atoms with Gasteiger partial charge in [-0.15, -0.1) is 0 Å². The molecule has 3 rings (SSSR count). The lowest BCUT2D eigenvalue weighted by molar-refractivity contribution is 0.0918. The minimum absolute atomic E-state index is 0.277. The molecule has 0 fully saturated rings. The molecule has 0 bridgehead atoms. The first kappa shape index (κ1) is 16.0. The Morgan fingerprint density at radius 1 is 1.25 bits per heavy atom. The van der Waals surface area contributed by atoms with Crippen molar-refractivity contribution in [2.24, 2.45) is 0 Å². The number of nitrogens with one attached hydrogen (secondary N) is 1. The van der Waals surface area contributed by atoms with E-state index < -0.39 is 0 Å². The molecule has 6 heteroatoms. The number of hydrogen-bond donors (Lipinski definition) is 1. The highest BCUT2D eigenvalue weighted by molar-refractivity contribution is 5.99. The van der Waals surface area contributed by atoms with E-state index in [1.165, 1.54) is 0 Å². The highest BCUT2D eigenvalue weighted by atomic mass is 16.5. The number of hydrogen-bond acceptors (Lipinski definition) is 5. The molecule has 0 aliphatic heterocycles. The summed E-state index contributed by atoms with van der Waals surface area (Å²) in [4.78, 5) is 16.6. The van der Waals surface area contributed by atoms with Gasteiger partial charge in [0.25, 0.3) is 5.91 Å². The van der Waals surface area contributed by atoms with Crippen LogP contribution < -0.4 is 10.1 Å². The summed E-state index contributed by atoms with van der Waals surface area (Å²) in [6.45, 7) is 0.657. The zero-order valence-electron chi connectivity index (χ0n) is 13.5. The maximum Gasteiger partial charge on any atom is 0.287 e. The summed E-state index contributed by atoms with van der Waals surface area (Å²) in [6.07, 6.45) is 1.64. The van der Waals surface area contributed by atoms with Crippen molar-refractivity contribution in [3.05, 3.63) is 59.5 Å². The minimum atomic E-state index is -0.283. The number of benzene rings is 1. The third-order valence-electron chi connectivity index (χ3n) is 3.65. The van der Waals surface area contributed by atoms with Gasteiger partial charge in [-0.1, -0.05) is 18.2 Å². The molecule has 3 aromatic rings. The summed E-state index contributed by atoms with van der Waals surface area (Å²) < 4.78 is 16.0. The summed E-state index contributed by atoms with van der Waals surface area (Å²) in [6, 6.07) is 11.1. The summed E-state index contributed by atoms with van der Waals surface area (Å²) >= 11 is 0. The fraction of sp³-hybridized carbons (Fsp3) is 0.222. The topological polar surface area (TPSA) is 73.6 Å². The first-order valence-electron chi connectivity index (χ1n) is 7.49. The van der Waals surface area contributed by atoms with Crippen molar-refractivity contribution in [3.63, 3.8) is 0 Å². The van der Waals surface area contributed by atoms with E-state index in [9.17, 15) is 4.79 Å². The number of pyridine rings is 1. The van der Waals surface area contributed by atoms with Crippen molar-refractivity contribution < 1.29 is 18.7 Å². The quantitative estimate of drug-likeness (QED) is 0.754. The van der Waals surface area contributed by atoms with Crippen LogP contribution in [0.5, 0.6) is 5.88 Å². The van der Waals surface area contributed by atoms with E-state index in [0.29, 0.717) is 24.6 Å². The molecule has 124 valence electrons. The van der Waals surface area contributed by atoms with Gasteiger partial charge in [-0.2, -0.15) is 0 Å². The summed E-state index contributed by atoms with van der Waals surface area (Å²) in [5, 5.41) is 3.74. The van der Waals surface area contributed by atoms with Crippen LogP contribution in [-0.4, -0.2) is 25.1 Å². The normalized spacial score (nSPS) is 10.8. The van der Waals surface area contributed by atoms with Crippen LogP contribution in [0.25, 0.3) is 11.0 Å². The molecule has 0 radical (unpaired) electrons. The number of ether oxygens (including phenoxy) is 2. The maximum atomic E-state index is 12.5. The molecule has 1 N–H and O–H groups in total. The molecule has 2 aromatic heterocycles. The fourth-order valence-electron chi connectivity index (χ4n) is 2.50. The number of aromatic nitrogens is 1. The van der Waals surface area contributed by atoms with Crippen LogP contribution in [0.15, 0.2) is 47.0 Å². The van der Waals surface area contributed by atoms with Gasteiger partial charge in [0, 0.05) is 36.9 Å². The minimum Gasteiger partial charge on any atom is -0.481 e. The molecule has 0 aliphatic carbocycles. The van der Waals surface area contributed by atoms with Gasteiger partial charge < -0.3 is 19.2 Å². The molecule has 0 unspecified atom stereocenters. The lowest BCUT2D eigenvalue weighted by Crippen LogP contribution is -2.23. The molecule has 24 heavy (non-hydrogen) atoms. The van der Waals surface area contributed by atoms with Crippen LogP contribution in [0.1, 0.15) is 21.7 Å². The predicted octanol–water partition coefficient (Wildman–Crippen LogP) is 2.91. The van der Waals surface area contributed by atoms with Crippen LogP contribution in [-0.2, 0) is 17.9 Å². The summed E-state index contributed by atoms with van der Waals surface area (Å²) in [5.74, 6) is 0.499. The zero-order chi connectivity index (χ0) is 16.9. The average molecular weight is 326 g/mol. The molecule has 0 atom stereocenters. The monoisotopic (exact) mass is 326 g/mol. The van der Waals surface area contributed by atoms with Crippen molar-refractivity contribution in [1.29, 1.82) is 0 Å². The molecular weight excluding hydrogens is 308 g/mol. The number of fused-ring (bicyclic) bond motifs is 1. The number of nitrogens with zero attached hydrogens (tertiary/aromatic N) is 1. The Balaban J connectivity index is 1.81. The Labute approximate surface area is 139 Å². The molecule has 0 saturated carbocycles. The standard InChI is InChI=1S/C18H18N2O4/c1-22-11-14-13-5-3-4-6-15(13)24-17(14)18(21)20-10-12-7-8-19-16(9-12)23-2/h3-9H,10-11H2,1-2H3,(H,20,21). The summed E-state index contributed by atoms with van der Waals surface area (Å²) in [7, 11) is 3.14. The second-order valence-electron chi connectivity index (χ2n) is 5.23. The zero-order valence-corrected chi connectivity index (χ0v) is 13.5. The Morgan fingerprint density at radius 3 is 2.88 bits per heavy atom. The number of methoxy groups -OCH3 is 2. The molecule has 0 spiro atoms. The van der Waals surface area contributed by atoms with Crippen LogP contribution in [0.4, 0.5) is 0 Å². The number of para-hydroxylation sites is 1. The van der Waals surface area contributed by atoms with E-state index in [4.69, 9.17) is 13.9 Å². The number of furan rings is 1. The van der Waals surface area contributed by atoms with E-state index in [2.05, 4.69) is 10.3 Å². The maximum absolute atomic E-state index is 12.5. The molecular formula is C18H18N2O4. The van der Waals surface area contributed by atoms with E-state index >= 15 is 0 Å². The van der Waals surface area contributed by atoms with Crippen LogP contribution in [0.2, 0.25) is 0 Å². The van der Waals surface area contributed by atoms with E-state index in [-0.39, 0.29) is 11.7 Å². The highest BCUT2D eigenvalue weighted by Crippen LogP contribution is 2.26. The predicted molar refractivity (Wildman–Crippen MR) is 88.9 cm³/mol. The first-order chi connectivity index (χ1) is 11.7. The number of amides is 1. The second kappa shape index (κ2) is 7.14. The Kier molecular flexibility index (Phi) is 4.77. The lowest BCUT2D eigenvalue weighted by atomic mass is 10.1.